The number of para-hydroxylation sites is 2. The molecule has 3 rings (SSSR count). The fourth-order valence-electron chi connectivity index (χ4n) is 3.30. The van der Waals surface area contributed by atoms with Crippen LogP contribution in [0.1, 0.15) is 17.3 Å². The first-order valence-corrected chi connectivity index (χ1v) is 9.62. The summed E-state index contributed by atoms with van der Waals surface area (Å²) in [6.45, 7) is 6.34. The van der Waals surface area contributed by atoms with Gasteiger partial charge < -0.3 is 14.5 Å². The molecule has 0 unspecified atom stereocenters. The Bertz CT molecular complexity index is 789. The maximum Gasteiger partial charge on any atom is 0.293 e. The van der Waals surface area contributed by atoms with Crippen molar-refractivity contribution in [3.8, 4) is 5.75 Å². The Morgan fingerprint density at radius 3 is 2.39 bits per heavy atom. The summed E-state index contributed by atoms with van der Waals surface area (Å²) < 4.78 is 5.72. The zero-order chi connectivity index (χ0) is 19.8. The van der Waals surface area contributed by atoms with Crippen molar-refractivity contribution < 1.29 is 19.2 Å². The van der Waals surface area contributed by atoms with E-state index in [-0.39, 0.29) is 11.8 Å². The highest BCUT2D eigenvalue weighted by molar-refractivity contribution is 5.95. The molecule has 1 aliphatic rings. The molecule has 148 valence electrons. The van der Waals surface area contributed by atoms with E-state index in [1.165, 1.54) is 4.90 Å². The summed E-state index contributed by atoms with van der Waals surface area (Å²) in [5.74, 6) is 0.388. The van der Waals surface area contributed by atoms with Crippen LogP contribution in [0.3, 0.4) is 0 Å². The number of benzene rings is 2. The van der Waals surface area contributed by atoms with E-state index in [9.17, 15) is 9.59 Å². The number of nitrogens with zero attached hydrogens (tertiary/aromatic N) is 1. The van der Waals surface area contributed by atoms with Crippen molar-refractivity contribution in [1.29, 1.82) is 0 Å². The van der Waals surface area contributed by atoms with Gasteiger partial charge in [-0.25, -0.2) is 0 Å². The normalized spacial score (nSPS) is 14.4. The minimum absolute atomic E-state index is 0.192. The smallest absolute Gasteiger partial charge is 0.293 e. The molecule has 28 heavy (non-hydrogen) atoms. The SMILES string of the molecule is CCOc1ccccc1N1CC[NH+](CC(=O)NNC(=O)c2ccccc2)CC1. The van der Waals surface area contributed by atoms with Crippen molar-refractivity contribution in [3.05, 3.63) is 60.2 Å². The van der Waals surface area contributed by atoms with Gasteiger partial charge in [0.15, 0.2) is 6.54 Å². The number of hydrogen-bond acceptors (Lipinski definition) is 4. The van der Waals surface area contributed by atoms with Crippen molar-refractivity contribution in [2.45, 2.75) is 6.92 Å². The van der Waals surface area contributed by atoms with Gasteiger partial charge in [-0.3, -0.25) is 20.4 Å². The van der Waals surface area contributed by atoms with Gasteiger partial charge in [-0.1, -0.05) is 30.3 Å². The summed E-state index contributed by atoms with van der Waals surface area (Å²) in [7, 11) is 0. The van der Waals surface area contributed by atoms with E-state index >= 15 is 0 Å². The number of amides is 2. The molecule has 1 heterocycles. The van der Waals surface area contributed by atoms with Crippen molar-refractivity contribution in [3.63, 3.8) is 0 Å². The van der Waals surface area contributed by atoms with Crippen LogP contribution in [0, 0.1) is 0 Å². The van der Waals surface area contributed by atoms with Crippen LogP contribution in [-0.4, -0.2) is 51.1 Å². The van der Waals surface area contributed by atoms with E-state index in [1.807, 2.05) is 31.2 Å². The molecule has 1 aliphatic heterocycles. The molecule has 2 amide bonds. The first-order valence-electron chi connectivity index (χ1n) is 9.62. The lowest BCUT2D eigenvalue weighted by Crippen LogP contribution is -3.16. The van der Waals surface area contributed by atoms with Gasteiger partial charge in [-0.05, 0) is 31.2 Å². The van der Waals surface area contributed by atoms with E-state index in [4.69, 9.17) is 4.74 Å². The average Bonchev–Trinajstić information content (AvgIpc) is 2.74. The predicted octanol–water partition coefficient (Wildman–Crippen LogP) is 0.251. The summed E-state index contributed by atoms with van der Waals surface area (Å²) in [6.07, 6.45) is 0. The number of anilines is 1. The zero-order valence-electron chi connectivity index (χ0n) is 16.1. The predicted molar refractivity (Wildman–Crippen MR) is 107 cm³/mol. The van der Waals surface area contributed by atoms with Crippen LogP contribution in [0.2, 0.25) is 0 Å². The number of ether oxygens (including phenoxy) is 1. The van der Waals surface area contributed by atoms with Crippen molar-refractivity contribution >= 4 is 17.5 Å². The van der Waals surface area contributed by atoms with Crippen molar-refractivity contribution in [1.82, 2.24) is 10.9 Å². The molecule has 7 heteroatoms. The molecule has 0 spiro atoms. The summed E-state index contributed by atoms with van der Waals surface area (Å²) in [5, 5.41) is 0. The molecular weight excluding hydrogens is 356 g/mol. The second-order valence-electron chi connectivity index (χ2n) is 6.68. The second kappa shape index (κ2) is 9.75. The van der Waals surface area contributed by atoms with E-state index in [2.05, 4.69) is 21.8 Å². The lowest BCUT2D eigenvalue weighted by Gasteiger charge is -2.34. The Hall–Kier alpha value is -3.06. The van der Waals surface area contributed by atoms with Gasteiger partial charge in [0.25, 0.3) is 11.8 Å². The number of hydrogen-bond donors (Lipinski definition) is 3. The molecule has 0 atom stereocenters. The molecule has 3 N–H and O–H groups in total. The van der Waals surface area contributed by atoms with Crippen LogP contribution in [-0.2, 0) is 4.79 Å². The number of rotatable bonds is 6. The minimum atomic E-state index is -0.318. The Balaban J connectivity index is 1.44. The van der Waals surface area contributed by atoms with Crippen LogP contribution < -0.4 is 25.4 Å². The van der Waals surface area contributed by atoms with E-state index in [0.717, 1.165) is 37.6 Å². The number of carbonyl (C=O) groups is 2. The average molecular weight is 383 g/mol. The number of piperazine rings is 1. The van der Waals surface area contributed by atoms with Crippen molar-refractivity contribution in [2.75, 3.05) is 44.2 Å². The Morgan fingerprint density at radius 2 is 1.68 bits per heavy atom. The molecular formula is C21H27N4O3+. The van der Waals surface area contributed by atoms with Crippen molar-refractivity contribution in [2.24, 2.45) is 0 Å². The Labute approximate surface area is 165 Å². The monoisotopic (exact) mass is 383 g/mol. The van der Waals surface area contributed by atoms with Gasteiger partial charge in [0.05, 0.1) is 38.5 Å². The summed E-state index contributed by atoms with van der Waals surface area (Å²) in [6, 6.07) is 16.9. The number of quaternary nitrogens is 1. The quantitative estimate of drug-likeness (QED) is 0.626. The van der Waals surface area contributed by atoms with Gasteiger partial charge in [0, 0.05) is 5.56 Å². The number of nitrogens with one attached hydrogen (secondary N) is 3. The third kappa shape index (κ3) is 5.23. The van der Waals surface area contributed by atoms with Crippen LogP contribution in [0.5, 0.6) is 5.75 Å². The highest BCUT2D eigenvalue weighted by Gasteiger charge is 2.24. The molecule has 2 aromatic carbocycles. The maximum absolute atomic E-state index is 12.2. The van der Waals surface area contributed by atoms with Gasteiger partial charge in [0.1, 0.15) is 5.75 Å². The first kappa shape index (κ1) is 19.7. The van der Waals surface area contributed by atoms with Crippen LogP contribution >= 0.6 is 0 Å². The van der Waals surface area contributed by atoms with Crippen LogP contribution in [0.4, 0.5) is 5.69 Å². The second-order valence-corrected chi connectivity index (χ2v) is 6.68. The highest BCUT2D eigenvalue weighted by Crippen LogP contribution is 2.27. The molecule has 7 nitrogen and oxygen atoms in total. The number of carbonyl (C=O) groups excluding carboxylic acids is 2. The highest BCUT2D eigenvalue weighted by atomic mass is 16.5. The maximum atomic E-state index is 12.2. The lowest BCUT2D eigenvalue weighted by atomic mass is 10.2. The van der Waals surface area contributed by atoms with Gasteiger partial charge in [-0.15, -0.1) is 0 Å². The Kier molecular flexibility index (Phi) is 6.86. The van der Waals surface area contributed by atoms with E-state index in [0.29, 0.717) is 18.7 Å². The third-order valence-electron chi connectivity index (χ3n) is 4.74. The molecule has 2 aromatic rings. The molecule has 0 radical (unpaired) electrons. The molecule has 0 aliphatic carbocycles. The van der Waals surface area contributed by atoms with Gasteiger partial charge in [-0.2, -0.15) is 0 Å². The van der Waals surface area contributed by atoms with Crippen LogP contribution in [0.25, 0.3) is 0 Å². The summed E-state index contributed by atoms with van der Waals surface area (Å²) in [4.78, 5) is 27.6. The third-order valence-corrected chi connectivity index (χ3v) is 4.74. The zero-order valence-corrected chi connectivity index (χ0v) is 16.1. The van der Waals surface area contributed by atoms with Crippen LogP contribution in [0.15, 0.2) is 54.6 Å². The van der Waals surface area contributed by atoms with E-state index < -0.39 is 0 Å². The lowest BCUT2D eigenvalue weighted by molar-refractivity contribution is -0.892. The molecule has 0 saturated carbocycles. The molecule has 0 bridgehead atoms. The summed E-state index contributed by atoms with van der Waals surface area (Å²) in [5.41, 5.74) is 6.58. The standard InChI is InChI=1S/C21H26N4O3/c1-2-28-19-11-7-6-10-18(19)25-14-12-24(13-15-25)16-20(26)22-23-21(27)17-8-4-3-5-9-17/h3-11H,2,12-16H2,1H3,(H,22,26)(H,23,27)/p+1. The topological polar surface area (TPSA) is 75.1 Å². The minimum Gasteiger partial charge on any atom is -0.492 e. The largest absolute Gasteiger partial charge is 0.492 e. The fraction of sp³-hybridized carbons (Fsp3) is 0.333. The van der Waals surface area contributed by atoms with E-state index in [1.54, 1.807) is 24.3 Å². The molecule has 0 aromatic heterocycles. The molecule has 1 fully saturated rings. The Morgan fingerprint density at radius 1 is 1.00 bits per heavy atom. The summed E-state index contributed by atoms with van der Waals surface area (Å²) >= 11 is 0. The first-order chi connectivity index (χ1) is 13.7. The van der Waals surface area contributed by atoms with Gasteiger partial charge >= 0.3 is 0 Å². The molecule has 1 saturated heterocycles. The number of hydrazine groups is 1. The fourth-order valence-corrected chi connectivity index (χ4v) is 3.30. The van der Waals surface area contributed by atoms with Gasteiger partial charge in [0.2, 0.25) is 0 Å².